The van der Waals surface area contributed by atoms with Crippen LogP contribution < -0.4 is 11.5 Å². The summed E-state index contributed by atoms with van der Waals surface area (Å²) >= 11 is 0. The summed E-state index contributed by atoms with van der Waals surface area (Å²) in [7, 11) is -1.24. The van der Waals surface area contributed by atoms with Crippen molar-refractivity contribution < 1.29 is 4.21 Å². The van der Waals surface area contributed by atoms with E-state index in [1.54, 1.807) is 30.3 Å². The average Bonchev–Trinajstić information content (AvgIpc) is 2.26. The van der Waals surface area contributed by atoms with Gasteiger partial charge in [0.2, 0.25) is 0 Å². The van der Waals surface area contributed by atoms with Gasteiger partial charge < -0.3 is 11.5 Å². The molecule has 0 saturated heterocycles. The molecule has 0 amide bonds. The van der Waals surface area contributed by atoms with Crippen LogP contribution in [-0.2, 0) is 10.8 Å². The predicted octanol–water partition coefficient (Wildman–Crippen LogP) is 2.33. The topological polar surface area (TPSA) is 69.1 Å². The molecule has 0 heterocycles. The van der Waals surface area contributed by atoms with E-state index in [9.17, 15) is 4.21 Å². The van der Waals surface area contributed by atoms with Gasteiger partial charge in [0.25, 0.3) is 0 Å². The third kappa shape index (κ3) is 2.65. The first-order chi connectivity index (χ1) is 8.06. The Kier molecular flexibility index (Phi) is 3.15. The van der Waals surface area contributed by atoms with Gasteiger partial charge >= 0.3 is 0 Å². The molecule has 0 bridgehead atoms. The number of benzene rings is 2. The van der Waals surface area contributed by atoms with Crippen molar-refractivity contribution in [2.45, 2.75) is 16.7 Å². The van der Waals surface area contributed by atoms with Crippen molar-refractivity contribution in [1.29, 1.82) is 0 Å². The minimum absolute atomic E-state index is 0.608. The summed E-state index contributed by atoms with van der Waals surface area (Å²) in [5, 5.41) is 0. The van der Waals surface area contributed by atoms with Crippen LogP contribution in [0.3, 0.4) is 0 Å². The van der Waals surface area contributed by atoms with Crippen molar-refractivity contribution in [2.75, 3.05) is 11.5 Å². The van der Waals surface area contributed by atoms with Crippen molar-refractivity contribution in [3.63, 3.8) is 0 Å². The summed E-state index contributed by atoms with van der Waals surface area (Å²) in [6.07, 6.45) is 0. The molecule has 0 saturated carbocycles. The molecule has 3 nitrogen and oxygen atoms in total. The van der Waals surface area contributed by atoms with Gasteiger partial charge in [0.05, 0.1) is 10.8 Å². The molecule has 4 N–H and O–H groups in total. The Hall–Kier alpha value is -1.81. The van der Waals surface area contributed by atoms with Crippen LogP contribution in [0, 0.1) is 6.92 Å². The predicted molar refractivity (Wildman–Crippen MR) is 71.1 cm³/mol. The van der Waals surface area contributed by atoms with Crippen LogP contribution in [0.4, 0.5) is 11.4 Å². The first-order valence-electron chi connectivity index (χ1n) is 5.21. The van der Waals surface area contributed by atoms with E-state index in [1.807, 2.05) is 19.1 Å². The van der Waals surface area contributed by atoms with Crippen LogP contribution in [0.1, 0.15) is 5.56 Å². The van der Waals surface area contributed by atoms with Gasteiger partial charge in [-0.25, -0.2) is 4.21 Å². The zero-order valence-electron chi connectivity index (χ0n) is 9.51. The molecule has 88 valence electrons. The lowest BCUT2D eigenvalue weighted by Gasteiger charge is -2.05. The summed E-state index contributed by atoms with van der Waals surface area (Å²) < 4.78 is 12.3. The van der Waals surface area contributed by atoms with E-state index < -0.39 is 10.8 Å². The third-order valence-electron chi connectivity index (χ3n) is 2.36. The zero-order chi connectivity index (χ0) is 12.4. The Morgan fingerprint density at radius 2 is 1.65 bits per heavy atom. The van der Waals surface area contributed by atoms with Crippen molar-refractivity contribution >= 4 is 22.2 Å². The molecule has 0 aliphatic carbocycles. The monoisotopic (exact) mass is 246 g/mol. The van der Waals surface area contributed by atoms with Gasteiger partial charge in [-0.2, -0.15) is 0 Å². The molecule has 17 heavy (non-hydrogen) atoms. The number of aryl methyl sites for hydroxylation is 1. The number of hydrogen-bond acceptors (Lipinski definition) is 3. The summed E-state index contributed by atoms with van der Waals surface area (Å²) in [4.78, 5) is 1.39. The van der Waals surface area contributed by atoms with Gasteiger partial charge in [-0.1, -0.05) is 6.07 Å². The minimum atomic E-state index is -1.24. The molecule has 0 aliphatic heterocycles. The molecule has 0 aliphatic rings. The number of rotatable bonds is 2. The van der Waals surface area contributed by atoms with E-state index in [4.69, 9.17) is 11.5 Å². The van der Waals surface area contributed by atoms with Gasteiger partial charge in [0.1, 0.15) is 0 Å². The minimum Gasteiger partial charge on any atom is -0.399 e. The Morgan fingerprint density at radius 3 is 2.29 bits per heavy atom. The molecule has 2 aromatic carbocycles. The van der Waals surface area contributed by atoms with Crippen LogP contribution in [0.15, 0.2) is 52.3 Å². The quantitative estimate of drug-likeness (QED) is 0.799. The maximum atomic E-state index is 12.3. The Balaban J connectivity index is 2.43. The van der Waals surface area contributed by atoms with E-state index in [2.05, 4.69) is 0 Å². The average molecular weight is 246 g/mol. The molecular weight excluding hydrogens is 232 g/mol. The molecule has 0 fully saturated rings. The van der Waals surface area contributed by atoms with Gasteiger partial charge in [0.15, 0.2) is 0 Å². The summed E-state index contributed by atoms with van der Waals surface area (Å²) in [6, 6.07) is 12.5. The van der Waals surface area contributed by atoms with Gasteiger partial charge in [-0.15, -0.1) is 0 Å². The smallest absolute Gasteiger partial charge is 0.0851 e. The molecule has 0 radical (unpaired) electrons. The molecule has 1 atom stereocenters. The van der Waals surface area contributed by atoms with Gasteiger partial charge in [0, 0.05) is 21.2 Å². The molecule has 2 rings (SSSR count). The van der Waals surface area contributed by atoms with Crippen molar-refractivity contribution in [3.05, 3.63) is 48.0 Å². The van der Waals surface area contributed by atoms with Crippen LogP contribution >= 0.6 is 0 Å². The van der Waals surface area contributed by atoms with Crippen LogP contribution in [0.2, 0.25) is 0 Å². The maximum absolute atomic E-state index is 12.3. The van der Waals surface area contributed by atoms with E-state index in [0.717, 1.165) is 5.56 Å². The maximum Gasteiger partial charge on any atom is 0.0851 e. The number of anilines is 2. The van der Waals surface area contributed by atoms with Crippen molar-refractivity contribution in [2.24, 2.45) is 0 Å². The second-order valence-corrected chi connectivity index (χ2v) is 5.40. The second-order valence-electron chi connectivity index (χ2n) is 3.92. The van der Waals surface area contributed by atoms with Crippen molar-refractivity contribution in [1.82, 2.24) is 0 Å². The highest BCUT2D eigenvalue weighted by atomic mass is 32.2. The van der Waals surface area contributed by atoms with E-state index in [0.29, 0.717) is 21.2 Å². The SMILES string of the molecule is Cc1cc(N)cc(S(=O)c2cccc(N)c2)c1. The highest BCUT2D eigenvalue weighted by Crippen LogP contribution is 2.21. The van der Waals surface area contributed by atoms with Gasteiger partial charge in [-0.05, 0) is 48.9 Å². The van der Waals surface area contributed by atoms with Crippen LogP contribution in [-0.4, -0.2) is 4.21 Å². The lowest BCUT2D eigenvalue weighted by molar-refractivity contribution is 0.683. The first-order valence-corrected chi connectivity index (χ1v) is 6.36. The van der Waals surface area contributed by atoms with E-state index in [1.165, 1.54) is 0 Å². The standard InChI is InChI=1S/C13H14N2OS/c1-9-5-11(15)8-13(6-9)17(16)12-4-2-3-10(14)7-12/h2-8H,14-15H2,1H3. The number of nitrogens with two attached hydrogens (primary N) is 2. The molecule has 0 spiro atoms. The Labute approximate surface area is 103 Å². The largest absolute Gasteiger partial charge is 0.399 e. The number of nitrogen functional groups attached to an aromatic ring is 2. The normalized spacial score (nSPS) is 12.3. The summed E-state index contributed by atoms with van der Waals surface area (Å²) in [6.45, 7) is 1.93. The highest BCUT2D eigenvalue weighted by Gasteiger charge is 2.08. The third-order valence-corrected chi connectivity index (χ3v) is 3.71. The fourth-order valence-electron chi connectivity index (χ4n) is 1.65. The fourth-order valence-corrected chi connectivity index (χ4v) is 2.90. The van der Waals surface area contributed by atoms with Gasteiger partial charge in [-0.3, -0.25) is 0 Å². The number of hydrogen-bond donors (Lipinski definition) is 2. The summed E-state index contributed by atoms with van der Waals surface area (Å²) in [5.41, 5.74) is 13.6. The first kappa shape index (κ1) is 11.7. The van der Waals surface area contributed by atoms with Crippen LogP contribution in [0.5, 0.6) is 0 Å². The molecular formula is C13H14N2OS. The Morgan fingerprint density at radius 1 is 0.941 bits per heavy atom. The molecule has 2 aromatic rings. The van der Waals surface area contributed by atoms with Crippen LogP contribution in [0.25, 0.3) is 0 Å². The summed E-state index contributed by atoms with van der Waals surface area (Å²) in [5.74, 6) is 0. The molecule has 1 unspecified atom stereocenters. The second kappa shape index (κ2) is 4.59. The molecule has 0 aromatic heterocycles. The lowest BCUT2D eigenvalue weighted by Crippen LogP contribution is -1.97. The van der Waals surface area contributed by atoms with Crippen molar-refractivity contribution in [3.8, 4) is 0 Å². The Bertz CT molecular complexity index is 561. The highest BCUT2D eigenvalue weighted by molar-refractivity contribution is 7.85. The fraction of sp³-hybridized carbons (Fsp3) is 0.0769. The lowest BCUT2D eigenvalue weighted by atomic mass is 10.2. The molecule has 4 heteroatoms. The zero-order valence-corrected chi connectivity index (χ0v) is 10.3. The van der Waals surface area contributed by atoms with E-state index >= 15 is 0 Å². The van der Waals surface area contributed by atoms with E-state index in [-0.39, 0.29) is 0 Å².